The summed E-state index contributed by atoms with van der Waals surface area (Å²) in [5.74, 6) is -0.535. The Kier molecular flexibility index (Phi) is 7.18. The predicted molar refractivity (Wildman–Crippen MR) is 114 cm³/mol. The van der Waals surface area contributed by atoms with Crippen LogP contribution in [0.25, 0.3) is 0 Å². The maximum absolute atomic E-state index is 12.7. The minimum absolute atomic E-state index is 0.0925. The van der Waals surface area contributed by atoms with Crippen LogP contribution in [0.2, 0.25) is 0 Å². The van der Waals surface area contributed by atoms with Crippen molar-refractivity contribution in [1.29, 1.82) is 0 Å². The lowest BCUT2D eigenvalue weighted by Crippen LogP contribution is -2.20. The molecule has 1 amide bonds. The number of fused-ring (bicyclic) bond motifs is 1. The maximum atomic E-state index is 12.7. The van der Waals surface area contributed by atoms with Gasteiger partial charge in [0.2, 0.25) is 5.91 Å². The molecule has 2 aromatic rings. The molecule has 1 aliphatic rings. The van der Waals surface area contributed by atoms with E-state index in [1.807, 2.05) is 20.8 Å². The van der Waals surface area contributed by atoms with E-state index >= 15 is 0 Å². The number of hydrogen-bond acceptors (Lipinski definition) is 7. The lowest BCUT2D eigenvalue weighted by molar-refractivity contribution is -0.113. The second kappa shape index (κ2) is 9.62. The normalized spacial score (nSPS) is 13.4. The Morgan fingerprint density at radius 2 is 2.10 bits per heavy atom. The van der Waals surface area contributed by atoms with Crippen LogP contribution >= 0.6 is 23.1 Å². The minimum atomic E-state index is -0.383. The number of anilines is 1. The molecule has 2 aromatic heterocycles. The van der Waals surface area contributed by atoms with Crippen molar-refractivity contribution in [3.63, 3.8) is 0 Å². The van der Waals surface area contributed by atoms with E-state index < -0.39 is 0 Å². The van der Waals surface area contributed by atoms with Gasteiger partial charge in [-0.3, -0.25) is 9.36 Å². The molecule has 1 aliphatic carbocycles. The molecular weight excluding hydrogens is 412 g/mol. The summed E-state index contributed by atoms with van der Waals surface area (Å²) in [6.45, 7) is 6.13. The molecular formula is C19H26N4O4S2. The molecule has 0 aliphatic heterocycles. The molecule has 0 atom stereocenters. The number of thiophene rings is 1. The van der Waals surface area contributed by atoms with Gasteiger partial charge in [-0.1, -0.05) is 18.7 Å². The number of hydrogen-bond donors (Lipinski definition) is 2. The van der Waals surface area contributed by atoms with E-state index in [1.165, 1.54) is 27.7 Å². The number of aromatic amines is 1. The highest BCUT2D eigenvalue weighted by molar-refractivity contribution is 7.99. The van der Waals surface area contributed by atoms with Crippen molar-refractivity contribution in [2.75, 3.05) is 11.1 Å². The SMILES string of the molecule is CCCn1c(SCC(=O)Nc2sc3c(c2C(=O)OC(C)C)CCCC3)n[nH]c1=O. The molecule has 8 nitrogen and oxygen atoms in total. The van der Waals surface area contributed by atoms with Crippen LogP contribution in [0.15, 0.2) is 9.95 Å². The molecule has 2 heterocycles. The van der Waals surface area contributed by atoms with Crippen LogP contribution < -0.4 is 11.0 Å². The van der Waals surface area contributed by atoms with Gasteiger partial charge in [-0.05, 0) is 51.5 Å². The van der Waals surface area contributed by atoms with Crippen LogP contribution in [0.3, 0.4) is 0 Å². The number of esters is 1. The number of thioether (sulfide) groups is 1. The first-order chi connectivity index (χ1) is 13.9. The molecule has 0 aromatic carbocycles. The van der Waals surface area contributed by atoms with Crippen LogP contribution in [-0.2, 0) is 28.9 Å². The van der Waals surface area contributed by atoms with Crippen molar-refractivity contribution in [3.05, 3.63) is 26.5 Å². The van der Waals surface area contributed by atoms with Gasteiger partial charge in [-0.2, -0.15) is 0 Å². The first-order valence-electron chi connectivity index (χ1n) is 9.84. The number of ether oxygens (including phenoxy) is 1. The second-order valence-electron chi connectivity index (χ2n) is 7.17. The zero-order valence-electron chi connectivity index (χ0n) is 16.9. The van der Waals surface area contributed by atoms with Crippen molar-refractivity contribution in [1.82, 2.24) is 14.8 Å². The third-order valence-electron chi connectivity index (χ3n) is 4.47. The van der Waals surface area contributed by atoms with Gasteiger partial charge in [-0.15, -0.1) is 16.4 Å². The molecule has 0 fully saturated rings. The van der Waals surface area contributed by atoms with Crippen molar-refractivity contribution >= 4 is 40.0 Å². The summed E-state index contributed by atoms with van der Waals surface area (Å²) >= 11 is 2.66. The van der Waals surface area contributed by atoms with Crippen LogP contribution in [0.5, 0.6) is 0 Å². The summed E-state index contributed by atoms with van der Waals surface area (Å²) in [5.41, 5.74) is 1.23. The molecule has 0 spiro atoms. The molecule has 0 unspecified atom stereocenters. The Balaban J connectivity index is 1.74. The summed E-state index contributed by atoms with van der Waals surface area (Å²) in [4.78, 5) is 38.2. The van der Waals surface area contributed by atoms with Gasteiger partial charge in [-0.25, -0.2) is 14.7 Å². The third-order valence-corrected chi connectivity index (χ3v) is 6.66. The van der Waals surface area contributed by atoms with Gasteiger partial charge in [0.15, 0.2) is 5.16 Å². The van der Waals surface area contributed by atoms with E-state index in [0.717, 1.165) is 42.5 Å². The van der Waals surface area contributed by atoms with Crippen molar-refractivity contribution in [2.45, 2.75) is 70.7 Å². The summed E-state index contributed by atoms with van der Waals surface area (Å²) in [5, 5.41) is 10.3. The number of amides is 1. The summed E-state index contributed by atoms with van der Waals surface area (Å²) < 4.78 is 6.94. The van der Waals surface area contributed by atoms with Gasteiger partial charge < -0.3 is 10.1 Å². The number of nitrogens with one attached hydrogen (secondary N) is 2. The Morgan fingerprint density at radius 3 is 2.83 bits per heavy atom. The standard InChI is InChI=1S/C19H26N4O4S2/c1-4-9-23-18(26)21-22-19(23)28-10-14(24)20-16-15(17(25)27-11(2)3)12-7-5-6-8-13(12)29-16/h11H,4-10H2,1-3H3,(H,20,24)(H,21,26). The summed E-state index contributed by atoms with van der Waals surface area (Å²) in [6.07, 6.45) is 4.43. The number of carbonyl (C=O) groups is 2. The van der Waals surface area contributed by atoms with E-state index in [0.29, 0.717) is 22.3 Å². The highest BCUT2D eigenvalue weighted by Gasteiger charge is 2.28. The topological polar surface area (TPSA) is 106 Å². The molecule has 0 saturated heterocycles. The zero-order chi connectivity index (χ0) is 21.0. The quantitative estimate of drug-likeness (QED) is 0.484. The van der Waals surface area contributed by atoms with E-state index in [2.05, 4.69) is 15.5 Å². The Bertz CT molecular complexity index is 945. The van der Waals surface area contributed by atoms with Crippen molar-refractivity contribution in [3.8, 4) is 0 Å². The van der Waals surface area contributed by atoms with Crippen molar-refractivity contribution in [2.24, 2.45) is 0 Å². The molecule has 10 heteroatoms. The molecule has 158 valence electrons. The number of aromatic nitrogens is 3. The lowest BCUT2D eigenvalue weighted by Gasteiger charge is -2.14. The summed E-state index contributed by atoms with van der Waals surface area (Å²) in [7, 11) is 0. The highest BCUT2D eigenvalue weighted by atomic mass is 32.2. The van der Waals surface area contributed by atoms with Crippen molar-refractivity contribution < 1.29 is 14.3 Å². The van der Waals surface area contributed by atoms with Crippen LogP contribution in [0.1, 0.15) is 60.8 Å². The number of nitrogens with zero attached hydrogens (tertiary/aromatic N) is 2. The number of aryl methyl sites for hydroxylation is 1. The molecule has 3 rings (SSSR count). The van der Waals surface area contributed by atoms with E-state index in [4.69, 9.17) is 4.74 Å². The number of rotatable bonds is 8. The van der Waals surface area contributed by atoms with E-state index in [9.17, 15) is 14.4 Å². The van der Waals surface area contributed by atoms with Gasteiger partial charge in [0.05, 0.1) is 17.4 Å². The fourth-order valence-electron chi connectivity index (χ4n) is 3.27. The predicted octanol–water partition coefficient (Wildman–Crippen LogP) is 3.22. The van der Waals surface area contributed by atoms with Gasteiger partial charge >= 0.3 is 11.7 Å². The molecule has 0 radical (unpaired) electrons. The summed E-state index contributed by atoms with van der Waals surface area (Å²) in [6, 6.07) is 0. The lowest BCUT2D eigenvalue weighted by atomic mass is 9.95. The first-order valence-corrected chi connectivity index (χ1v) is 11.6. The average molecular weight is 439 g/mol. The Labute approximate surface area is 177 Å². The first kappa shape index (κ1) is 21.6. The minimum Gasteiger partial charge on any atom is -0.459 e. The monoisotopic (exact) mass is 438 g/mol. The van der Waals surface area contributed by atoms with Crippen LogP contribution in [0.4, 0.5) is 5.00 Å². The van der Waals surface area contributed by atoms with Gasteiger partial charge in [0.25, 0.3) is 0 Å². The van der Waals surface area contributed by atoms with Crippen LogP contribution in [-0.4, -0.2) is 38.5 Å². The smallest absolute Gasteiger partial charge is 0.343 e. The highest BCUT2D eigenvalue weighted by Crippen LogP contribution is 2.38. The van der Waals surface area contributed by atoms with Gasteiger partial charge in [0, 0.05) is 11.4 Å². The molecule has 29 heavy (non-hydrogen) atoms. The third kappa shape index (κ3) is 5.11. The van der Waals surface area contributed by atoms with Gasteiger partial charge in [0.1, 0.15) is 5.00 Å². The second-order valence-corrected chi connectivity index (χ2v) is 9.22. The average Bonchev–Trinajstić information content (AvgIpc) is 3.20. The Hall–Kier alpha value is -2.07. The maximum Gasteiger partial charge on any atom is 0.343 e. The molecule has 2 N–H and O–H groups in total. The largest absolute Gasteiger partial charge is 0.459 e. The number of carbonyl (C=O) groups excluding carboxylic acids is 2. The Morgan fingerprint density at radius 1 is 1.34 bits per heavy atom. The fraction of sp³-hybridized carbons (Fsp3) is 0.579. The molecule has 0 bridgehead atoms. The fourth-order valence-corrected chi connectivity index (χ4v) is 5.34. The van der Waals surface area contributed by atoms with E-state index in [1.54, 1.807) is 0 Å². The van der Waals surface area contributed by atoms with E-state index in [-0.39, 0.29) is 29.4 Å². The molecule has 0 saturated carbocycles. The zero-order valence-corrected chi connectivity index (χ0v) is 18.5. The number of H-pyrrole nitrogens is 1. The van der Waals surface area contributed by atoms with Crippen LogP contribution in [0, 0.1) is 0 Å².